The van der Waals surface area contributed by atoms with Gasteiger partial charge < -0.3 is 5.32 Å². The average molecular weight is 258 g/mol. The van der Waals surface area contributed by atoms with Gasteiger partial charge in [0.1, 0.15) is 5.82 Å². The minimum Gasteiger partial charge on any atom is -0.346 e. The van der Waals surface area contributed by atoms with Gasteiger partial charge in [0.2, 0.25) is 0 Å². The van der Waals surface area contributed by atoms with Crippen molar-refractivity contribution in [3.8, 4) is 0 Å². The van der Waals surface area contributed by atoms with Crippen LogP contribution in [0.4, 0.5) is 4.39 Å². The second-order valence-corrected chi connectivity index (χ2v) is 5.43. The van der Waals surface area contributed by atoms with Crippen LogP contribution in [-0.2, 0) is 0 Å². The summed E-state index contributed by atoms with van der Waals surface area (Å²) < 4.78 is 13.5. The van der Waals surface area contributed by atoms with E-state index in [9.17, 15) is 9.18 Å². The molecule has 4 heteroatoms. The summed E-state index contributed by atoms with van der Waals surface area (Å²) in [7, 11) is 0. The van der Waals surface area contributed by atoms with E-state index in [1.807, 2.05) is 6.92 Å². The van der Waals surface area contributed by atoms with E-state index in [4.69, 9.17) is 11.6 Å². The largest absolute Gasteiger partial charge is 0.346 e. The smallest absolute Gasteiger partial charge is 0.254 e. The van der Waals surface area contributed by atoms with Crippen molar-refractivity contribution in [2.24, 2.45) is 0 Å². The summed E-state index contributed by atoms with van der Waals surface area (Å²) in [4.78, 5) is 11.9. The van der Waals surface area contributed by atoms with E-state index in [1.54, 1.807) is 26.8 Å². The lowest BCUT2D eigenvalue weighted by Gasteiger charge is -2.29. The van der Waals surface area contributed by atoms with Gasteiger partial charge in [0.15, 0.2) is 0 Å². The summed E-state index contributed by atoms with van der Waals surface area (Å²) in [6.07, 6.45) is 0. The van der Waals surface area contributed by atoms with Crippen LogP contribution in [-0.4, -0.2) is 16.8 Å². The van der Waals surface area contributed by atoms with Gasteiger partial charge in [0.25, 0.3) is 5.91 Å². The topological polar surface area (TPSA) is 29.1 Å². The first-order chi connectivity index (χ1) is 7.74. The average Bonchev–Trinajstić information content (AvgIpc) is 2.20. The number of nitrogens with one attached hydrogen (secondary N) is 1. The SMILES string of the molecule is Cc1ccc(F)c(C(=O)NC(C)(C)C(C)Cl)c1. The Balaban J connectivity index is 2.94. The Morgan fingerprint density at radius 2 is 2.06 bits per heavy atom. The standard InChI is InChI=1S/C13H17ClFNO/c1-8-5-6-11(15)10(7-8)12(17)16-13(3,4)9(2)14/h5-7,9H,1-4H3,(H,16,17). The molecule has 1 N–H and O–H groups in total. The van der Waals surface area contributed by atoms with Crippen LogP contribution >= 0.6 is 11.6 Å². The quantitative estimate of drug-likeness (QED) is 0.828. The second kappa shape index (κ2) is 5.05. The van der Waals surface area contributed by atoms with Gasteiger partial charge in [-0.05, 0) is 39.8 Å². The normalized spacial score (nSPS) is 13.3. The molecule has 1 atom stereocenters. The molecule has 0 spiro atoms. The monoisotopic (exact) mass is 257 g/mol. The zero-order chi connectivity index (χ0) is 13.2. The van der Waals surface area contributed by atoms with Crippen molar-refractivity contribution in [1.82, 2.24) is 5.32 Å². The van der Waals surface area contributed by atoms with Crippen LogP contribution in [0.2, 0.25) is 0 Å². The van der Waals surface area contributed by atoms with Gasteiger partial charge in [-0.3, -0.25) is 4.79 Å². The molecule has 0 saturated heterocycles. The van der Waals surface area contributed by atoms with Crippen LogP contribution < -0.4 is 5.32 Å². The zero-order valence-corrected chi connectivity index (χ0v) is 11.2. The van der Waals surface area contributed by atoms with Crippen molar-refractivity contribution in [3.05, 3.63) is 35.1 Å². The van der Waals surface area contributed by atoms with Gasteiger partial charge in [0, 0.05) is 0 Å². The zero-order valence-electron chi connectivity index (χ0n) is 10.5. The van der Waals surface area contributed by atoms with E-state index in [0.29, 0.717) is 0 Å². The van der Waals surface area contributed by atoms with Crippen LogP contribution in [0.1, 0.15) is 36.7 Å². The van der Waals surface area contributed by atoms with Gasteiger partial charge in [-0.1, -0.05) is 11.6 Å². The number of aryl methyl sites for hydroxylation is 1. The molecule has 0 radical (unpaired) electrons. The molecule has 0 aliphatic carbocycles. The molecule has 0 aliphatic heterocycles. The van der Waals surface area contributed by atoms with Crippen molar-refractivity contribution in [2.75, 3.05) is 0 Å². The Labute approximate surface area is 106 Å². The Kier molecular flexibility index (Phi) is 4.15. The molecule has 2 nitrogen and oxygen atoms in total. The van der Waals surface area contributed by atoms with Gasteiger partial charge in [0.05, 0.1) is 16.5 Å². The molecular formula is C13H17ClFNO. The molecule has 0 fully saturated rings. The van der Waals surface area contributed by atoms with Gasteiger partial charge >= 0.3 is 0 Å². The maximum atomic E-state index is 13.5. The molecular weight excluding hydrogens is 241 g/mol. The number of benzene rings is 1. The second-order valence-electron chi connectivity index (χ2n) is 4.78. The summed E-state index contributed by atoms with van der Waals surface area (Å²) in [5.74, 6) is -0.963. The molecule has 0 aromatic heterocycles. The van der Waals surface area contributed by atoms with Gasteiger partial charge in [-0.25, -0.2) is 4.39 Å². The predicted octanol–water partition coefficient (Wildman–Crippen LogP) is 3.27. The highest BCUT2D eigenvalue weighted by Crippen LogP contribution is 2.17. The predicted molar refractivity (Wildman–Crippen MR) is 68.0 cm³/mol. The van der Waals surface area contributed by atoms with E-state index in [1.165, 1.54) is 12.1 Å². The third-order valence-electron chi connectivity index (χ3n) is 2.80. The third kappa shape index (κ3) is 3.43. The lowest BCUT2D eigenvalue weighted by atomic mass is 10.0. The van der Waals surface area contributed by atoms with E-state index in [-0.39, 0.29) is 10.9 Å². The number of halogens is 2. The highest BCUT2D eigenvalue weighted by molar-refractivity contribution is 6.21. The van der Waals surface area contributed by atoms with Crippen LogP contribution in [0.25, 0.3) is 0 Å². The molecule has 0 saturated carbocycles. The van der Waals surface area contributed by atoms with Crippen molar-refractivity contribution in [2.45, 2.75) is 38.6 Å². The number of carbonyl (C=O) groups is 1. The van der Waals surface area contributed by atoms with E-state index < -0.39 is 17.3 Å². The fourth-order valence-electron chi connectivity index (χ4n) is 1.27. The highest BCUT2D eigenvalue weighted by Gasteiger charge is 2.27. The molecule has 17 heavy (non-hydrogen) atoms. The maximum Gasteiger partial charge on any atom is 0.254 e. The summed E-state index contributed by atoms with van der Waals surface area (Å²) in [5.41, 5.74) is 0.304. The minimum atomic E-state index is -0.588. The van der Waals surface area contributed by atoms with E-state index >= 15 is 0 Å². The Hall–Kier alpha value is -1.09. The molecule has 0 heterocycles. The molecule has 1 aromatic carbocycles. The molecule has 1 aromatic rings. The first-order valence-electron chi connectivity index (χ1n) is 5.47. The maximum absolute atomic E-state index is 13.5. The molecule has 1 amide bonds. The van der Waals surface area contributed by atoms with Crippen molar-refractivity contribution in [3.63, 3.8) is 0 Å². The van der Waals surface area contributed by atoms with Gasteiger partial charge in [-0.15, -0.1) is 11.6 Å². The van der Waals surface area contributed by atoms with Crippen LogP contribution in [0.3, 0.4) is 0 Å². The Morgan fingerprint density at radius 1 is 1.47 bits per heavy atom. The minimum absolute atomic E-state index is 0.0513. The van der Waals surface area contributed by atoms with Crippen LogP contribution in [0.15, 0.2) is 18.2 Å². The van der Waals surface area contributed by atoms with Crippen molar-refractivity contribution in [1.29, 1.82) is 0 Å². The molecule has 94 valence electrons. The van der Waals surface area contributed by atoms with E-state index in [2.05, 4.69) is 5.32 Å². The number of alkyl halides is 1. The molecule has 0 bridgehead atoms. The first-order valence-corrected chi connectivity index (χ1v) is 5.90. The molecule has 1 unspecified atom stereocenters. The summed E-state index contributed by atoms with van der Waals surface area (Å²) >= 11 is 5.96. The number of hydrogen-bond donors (Lipinski definition) is 1. The lowest BCUT2D eigenvalue weighted by Crippen LogP contribution is -2.49. The number of amides is 1. The number of carbonyl (C=O) groups excluding carboxylic acids is 1. The summed E-state index contributed by atoms with van der Waals surface area (Å²) in [6, 6.07) is 4.45. The summed E-state index contributed by atoms with van der Waals surface area (Å²) in [5, 5.41) is 2.48. The lowest BCUT2D eigenvalue weighted by molar-refractivity contribution is 0.0908. The molecule has 1 rings (SSSR count). The fraction of sp³-hybridized carbons (Fsp3) is 0.462. The Morgan fingerprint density at radius 3 is 2.59 bits per heavy atom. The Bertz CT molecular complexity index is 429. The fourth-order valence-corrected chi connectivity index (χ4v) is 1.33. The highest BCUT2D eigenvalue weighted by atomic mass is 35.5. The van der Waals surface area contributed by atoms with Crippen molar-refractivity contribution < 1.29 is 9.18 Å². The number of hydrogen-bond acceptors (Lipinski definition) is 1. The molecule has 0 aliphatic rings. The first kappa shape index (κ1) is 14.0. The van der Waals surface area contributed by atoms with Gasteiger partial charge in [-0.2, -0.15) is 0 Å². The summed E-state index contributed by atoms with van der Waals surface area (Å²) in [6.45, 7) is 7.20. The number of rotatable bonds is 3. The van der Waals surface area contributed by atoms with Crippen molar-refractivity contribution >= 4 is 17.5 Å². The van der Waals surface area contributed by atoms with E-state index in [0.717, 1.165) is 5.56 Å². The van der Waals surface area contributed by atoms with Crippen LogP contribution in [0, 0.1) is 12.7 Å². The van der Waals surface area contributed by atoms with Crippen LogP contribution in [0.5, 0.6) is 0 Å². The third-order valence-corrected chi connectivity index (χ3v) is 3.34.